The van der Waals surface area contributed by atoms with Crippen molar-refractivity contribution in [3.63, 3.8) is 0 Å². The van der Waals surface area contributed by atoms with Crippen molar-refractivity contribution in [3.05, 3.63) is 89.5 Å². The smallest absolute Gasteiger partial charge is 0.255 e. The molecule has 1 aliphatic heterocycles. The van der Waals surface area contributed by atoms with Crippen LogP contribution in [-0.2, 0) is 0 Å². The predicted molar refractivity (Wildman–Crippen MR) is 120 cm³/mol. The Bertz CT molecular complexity index is 1160. The maximum atomic E-state index is 13.3. The summed E-state index contributed by atoms with van der Waals surface area (Å²) in [6, 6.07) is 20.4. The number of carbonyl (C=O) groups is 2. The zero-order chi connectivity index (χ0) is 22.9. The van der Waals surface area contributed by atoms with Crippen molar-refractivity contribution in [2.75, 3.05) is 0 Å². The van der Waals surface area contributed by atoms with Crippen LogP contribution in [0.15, 0.2) is 72.8 Å². The molecule has 4 rings (SSSR count). The van der Waals surface area contributed by atoms with Gasteiger partial charge in [-0.3, -0.25) is 9.59 Å². The summed E-state index contributed by atoms with van der Waals surface area (Å²) in [6.45, 7) is 4.98. The van der Waals surface area contributed by atoms with Crippen LogP contribution < -0.4 is 14.8 Å². The first-order valence-corrected chi connectivity index (χ1v) is 10.4. The van der Waals surface area contributed by atoms with Gasteiger partial charge in [-0.25, -0.2) is 0 Å². The summed E-state index contributed by atoms with van der Waals surface area (Å²) < 4.78 is 11.9. The number of carbonyl (C=O) groups excluding carboxylic acids is 2. The van der Waals surface area contributed by atoms with Gasteiger partial charge >= 0.3 is 0 Å². The largest absolute Gasteiger partial charge is 0.485 e. The first-order chi connectivity index (χ1) is 15.3. The van der Waals surface area contributed by atoms with Crippen molar-refractivity contribution in [2.45, 2.75) is 38.5 Å². The molecule has 1 heterocycles. The number of amides is 1. The second kappa shape index (κ2) is 8.48. The number of para-hydroxylation sites is 2. The number of aliphatic hydroxyl groups is 1. The highest BCUT2D eigenvalue weighted by Gasteiger charge is 2.44. The number of benzene rings is 3. The van der Waals surface area contributed by atoms with Crippen LogP contribution in [0.3, 0.4) is 0 Å². The number of nitrogens with one attached hydrogen (secondary N) is 1. The predicted octanol–water partition coefficient (Wildman–Crippen LogP) is 4.68. The molecule has 2 atom stereocenters. The van der Waals surface area contributed by atoms with Gasteiger partial charge in [0.05, 0.1) is 11.6 Å². The van der Waals surface area contributed by atoms with E-state index in [-0.39, 0.29) is 5.78 Å². The average Bonchev–Trinajstić information content (AvgIpc) is 2.77. The number of fused-ring (bicyclic) bond motifs is 1. The Hall–Kier alpha value is -3.64. The van der Waals surface area contributed by atoms with Crippen molar-refractivity contribution < 1.29 is 24.2 Å². The standard InChI is InChI=1S/C26H25NO5/c1-16(28)17-13-14-22-20(15-17)23(24(29)26(2,3)32-22)27-25(30)19-11-7-8-12-21(19)31-18-9-5-4-6-10-18/h4-15,23-24,29H,1-3H3,(H,27,30)/t23-,24+/m1/s1. The van der Waals surface area contributed by atoms with Crippen LogP contribution in [0.5, 0.6) is 17.2 Å². The van der Waals surface area contributed by atoms with Gasteiger partial charge in [0.15, 0.2) is 5.78 Å². The van der Waals surface area contributed by atoms with E-state index in [0.717, 1.165) is 0 Å². The lowest BCUT2D eigenvalue weighted by Crippen LogP contribution is -2.53. The Labute approximate surface area is 186 Å². The number of Topliss-reactive ketones (excluding diaryl/α,β-unsaturated/α-hetero) is 1. The molecule has 6 nitrogen and oxygen atoms in total. The Kier molecular flexibility index (Phi) is 5.72. The molecule has 0 bridgehead atoms. The minimum absolute atomic E-state index is 0.112. The fraction of sp³-hybridized carbons (Fsp3) is 0.231. The maximum Gasteiger partial charge on any atom is 0.255 e. The van der Waals surface area contributed by atoms with E-state index >= 15 is 0 Å². The van der Waals surface area contributed by atoms with Crippen molar-refractivity contribution in [1.82, 2.24) is 5.32 Å². The number of ketones is 1. The highest BCUT2D eigenvalue weighted by Crippen LogP contribution is 2.40. The number of hydrogen-bond acceptors (Lipinski definition) is 5. The zero-order valence-corrected chi connectivity index (χ0v) is 18.2. The molecule has 0 radical (unpaired) electrons. The molecule has 0 unspecified atom stereocenters. The fourth-order valence-electron chi connectivity index (χ4n) is 3.75. The van der Waals surface area contributed by atoms with Gasteiger partial charge in [-0.15, -0.1) is 0 Å². The van der Waals surface area contributed by atoms with E-state index in [2.05, 4.69) is 5.32 Å². The number of rotatable bonds is 5. The molecule has 0 saturated heterocycles. The highest BCUT2D eigenvalue weighted by molar-refractivity contribution is 5.97. The van der Waals surface area contributed by atoms with Gasteiger partial charge in [0, 0.05) is 11.1 Å². The molecule has 6 heteroatoms. The van der Waals surface area contributed by atoms with Crippen molar-refractivity contribution in [1.29, 1.82) is 0 Å². The normalized spacial score (nSPS) is 18.8. The molecule has 0 aliphatic carbocycles. The van der Waals surface area contributed by atoms with E-state index in [1.165, 1.54) is 6.92 Å². The maximum absolute atomic E-state index is 13.3. The van der Waals surface area contributed by atoms with Crippen molar-refractivity contribution in [3.8, 4) is 17.2 Å². The molecule has 1 amide bonds. The molecule has 1 aliphatic rings. The summed E-state index contributed by atoms with van der Waals surface area (Å²) in [5, 5.41) is 13.9. The molecule has 0 fully saturated rings. The van der Waals surface area contributed by atoms with Gasteiger partial charge < -0.3 is 19.9 Å². The fourth-order valence-corrected chi connectivity index (χ4v) is 3.75. The Morgan fingerprint density at radius 1 is 1.00 bits per heavy atom. The van der Waals surface area contributed by atoms with Gasteiger partial charge in [-0.05, 0) is 63.2 Å². The van der Waals surface area contributed by atoms with Crippen LogP contribution in [0.2, 0.25) is 0 Å². The molecule has 3 aromatic rings. The van der Waals surface area contributed by atoms with Crippen LogP contribution in [-0.4, -0.2) is 28.5 Å². The van der Waals surface area contributed by atoms with E-state index in [9.17, 15) is 14.7 Å². The summed E-state index contributed by atoms with van der Waals surface area (Å²) in [6.07, 6.45) is -1.04. The minimum atomic E-state index is -1.04. The molecule has 3 aromatic carbocycles. The summed E-state index contributed by atoms with van der Waals surface area (Å²) in [7, 11) is 0. The quantitative estimate of drug-likeness (QED) is 0.573. The van der Waals surface area contributed by atoms with Crippen LogP contribution in [0.4, 0.5) is 0 Å². The third kappa shape index (κ3) is 4.22. The molecule has 164 valence electrons. The topological polar surface area (TPSA) is 84.9 Å². The molecule has 0 saturated carbocycles. The number of aliphatic hydroxyl groups excluding tert-OH is 1. The Balaban J connectivity index is 1.68. The first kappa shape index (κ1) is 21.6. The van der Waals surface area contributed by atoms with E-state index < -0.39 is 23.7 Å². The second-order valence-electron chi connectivity index (χ2n) is 8.32. The van der Waals surface area contributed by atoms with Crippen molar-refractivity contribution in [2.24, 2.45) is 0 Å². The van der Waals surface area contributed by atoms with E-state index in [1.54, 1.807) is 68.4 Å². The second-order valence-corrected chi connectivity index (χ2v) is 8.32. The van der Waals surface area contributed by atoms with Crippen LogP contribution in [0.25, 0.3) is 0 Å². The van der Waals surface area contributed by atoms with E-state index in [4.69, 9.17) is 9.47 Å². The van der Waals surface area contributed by atoms with Gasteiger partial charge in [-0.2, -0.15) is 0 Å². The lowest BCUT2D eigenvalue weighted by atomic mass is 9.85. The molecule has 2 N–H and O–H groups in total. The van der Waals surface area contributed by atoms with Gasteiger partial charge in [0.1, 0.15) is 29.0 Å². The third-order valence-electron chi connectivity index (χ3n) is 5.54. The number of hydrogen-bond donors (Lipinski definition) is 2. The SMILES string of the molecule is CC(=O)c1ccc2c(c1)[C@@H](NC(=O)c1ccccc1Oc1ccccc1)[C@H](O)C(C)(C)O2. The Morgan fingerprint density at radius 3 is 2.41 bits per heavy atom. The molecule has 0 spiro atoms. The monoisotopic (exact) mass is 431 g/mol. The van der Waals surface area contributed by atoms with Gasteiger partial charge in [0.25, 0.3) is 5.91 Å². The summed E-state index contributed by atoms with van der Waals surface area (Å²) in [4.78, 5) is 25.2. The lowest BCUT2D eigenvalue weighted by Gasteiger charge is -2.42. The van der Waals surface area contributed by atoms with Crippen LogP contribution >= 0.6 is 0 Å². The summed E-state index contributed by atoms with van der Waals surface area (Å²) in [5.74, 6) is 1.01. The lowest BCUT2D eigenvalue weighted by molar-refractivity contribution is -0.0627. The molecule has 32 heavy (non-hydrogen) atoms. The zero-order valence-electron chi connectivity index (χ0n) is 18.2. The van der Waals surface area contributed by atoms with E-state index in [1.807, 2.05) is 18.2 Å². The molecular weight excluding hydrogens is 406 g/mol. The summed E-state index contributed by atoms with van der Waals surface area (Å²) in [5.41, 5.74) is 0.422. The number of ether oxygens (including phenoxy) is 2. The molecule has 0 aromatic heterocycles. The van der Waals surface area contributed by atoms with Gasteiger partial charge in [-0.1, -0.05) is 30.3 Å². The minimum Gasteiger partial charge on any atom is -0.485 e. The first-order valence-electron chi connectivity index (χ1n) is 10.4. The van der Waals surface area contributed by atoms with Crippen LogP contribution in [0.1, 0.15) is 53.1 Å². The highest BCUT2D eigenvalue weighted by atomic mass is 16.5. The summed E-state index contributed by atoms with van der Waals surface area (Å²) >= 11 is 0. The third-order valence-corrected chi connectivity index (χ3v) is 5.54. The van der Waals surface area contributed by atoms with Gasteiger partial charge in [0.2, 0.25) is 0 Å². The van der Waals surface area contributed by atoms with E-state index in [0.29, 0.717) is 33.9 Å². The van der Waals surface area contributed by atoms with Crippen molar-refractivity contribution >= 4 is 11.7 Å². The molecular formula is C26H25NO5. The van der Waals surface area contributed by atoms with Crippen LogP contribution in [0, 0.1) is 0 Å². The Morgan fingerprint density at radius 2 is 1.69 bits per heavy atom. The average molecular weight is 431 g/mol.